The van der Waals surface area contributed by atoms with E-state index in [9.17, 15) is 4.79 Å². The normalized spacial score (nSPS) is 27.7. The van der Waals surface area contributed by atoms with Gasteiger partial charge < -0.3 is 9.64 Å². The average molecular weight is 234 g/mol. The summed E-state index contributed by atoms with van der Waals surface area (Å²) < 4.78 is 5.32. The van der Waals surface area contributed by atoms with Crippen LogP contribution in [0.15, 0.2) is 0 Å². The Bertz CT molecular complexity index is 237. The van der Waals surface area contributed by atoms with E-state index in [0.29, 0.717) is 0 Å². The predicted octanol–water partition coefficient (Wildman–Crippen LogP) is 3.01. The molecule has 1 aliphatic rings. The number of likely N-dealkylation sites (tertiary alicyclic amines) is 1. The highest BCUT2D eigenvalue weighted by molar-refractivity contribution is 6.21. The average Bonchev–Trinajstić information content (AvgIpc) is 2.06. The minimum atomic E-state index is -0.434. The first-order valence-electron chi connectivity index (χ1n) is 5.45. The Labute approximate surface area is 96.7 Å². The summed E-state index contributed by atoms with van der Waals surface area (Å²) in [7, 11) is 0. The molecule has 0 aromatic rings. The van der Waals surface area contributed by atoms with E-state index < -0.39 is 5.60 Å². The maximum absolute atomic E-state index is 11.8. The van der Waals surface area contributed by atoms with Gasteiger partial charge in [-0.1, -0.05) is 0 Å². The number of piperidine rings is 1. The number of hydrogen-bond donors (Lipinski definition) is 0. The Morgan fingerprint density at radius 1 is 1.47 bits per heavy atom. The molecule has 1 rings (SSSR count). The second-order valence-corrected chi connectivity index (χ2v) is 5.63. The Kier molecular flexibility index (Phi) is 3.87. The molecule has 0 bridgehead atoms. The molecule has 1 saturated heterocycles. The van der Waals surface area contributed by atoms with E-state index >= 15 is 0 Å². The van der Waals surface area contributed by atoms with Crippen LogP contribution < -0.4 is 0 Å². The lowest BCUT2D eigenvalue weighted by atomic mass is 10.0. The molecule has 0 saturated carbocycles. The standard InChI is InChI=1S/C11H20ClNO2/c1-8-9(12)6-5-7-13(8)10(14)15-11(2,3)4/h8-9H,5-7H2,1-4H3. The summed E-state index contributed by atoms with van der Waals surface area (Å²) in [6.45, 7) is 8.34. The molecule has 1 fully saturated rings. The third-order valence-corrected chi connectivity index (χ3v) is 3.10. The van der Waals surface area contributed by atoms with E-state index in [-0.39, 0.29) is 17.5 Å². The number of carbonyl (C=O) groups excluding carboxylic acids is 1. The first-order valence-corrected chi connectivity index (χ1v) is 5.88. The molecule has 15 heavy (non-hydrogen) atoms. The lowest BCUT2D eigenvalue weighted by Gasteiger charge is -2.37. The van der Waals surface area contributed by atoms with Crippen molar-refractivity contribution in [1.29, 1.82) is 0 Å². The highest BCUT2D eigenvalue weighted by atomic mass is 35.5. The van der Waals surface area contributed by atoms with Gasteiger partial charge >= 0.3 is 6.09 Å². The molecule has 2 atom stereocenters. The van der Waals surface area contributed by atoms with Gasteiger partial charge in [-0.25, -0.2) is 4.79 Å². The van der Waals surface area contributed by atoms with Crippen molar-refractivity contribution in [3.8, 4) is 0 Å². The van der Waals surface area contributed by atoms with Gasteiger partial charge in [0, 0.05) is 12.6 Å². The SMILES string of the molecule is CC1C(Cl)CCCN1C(=O)OC(C)(C)C. The van der Waals surface area contributed by atoms with Crippen molar-refractivity contribution in [3.63, 3.8) is 0 Å². The molecule has 1 aliphatic heterocycles. The van der Waals surface area contributed by atoms with Gasteiger partial charge in [0.25, 0.3) is 0 Å². The number of alkyl halides is 1. The molecule has 0 aromatic carbocycles. The quantitative estimate of drug-likeness (QED) is 0.602. The molecule has 0 radical (unpaired) electrons. The summed E-state index contributed by atoms with van der Waals surface area (Å²) in [6.07, 6.45) is 1.68. The van der Waals surface area contributed by atoms with Crippen molar-refractivity contribution in [2.75, 3.05) is 6.54 Å². The number of amides is 1. The van der Waals surface area contributed by atoms with Crippen LogP contribution >= 0.6 is 11.6 Å². The number of carbonyl (C=O) groups is 1. The van der Waals surface area contributed by atoms with Crippen LogP contribution in [-0.2, 0) is 4.74 Å². The molecule has 3 nitrogen and oxygen atoms in total. The van der Waals surface area contributed by atoms with Crippen LogP contribution in [0.2, 0.25) is 0 Å². The fourth-order valence-corrected chi connectivity index (χ4v) is 1.97. The molecule has 1 heterocycles. The highest BCUT2D eigenvalue weighted by Gasteiger charge is 2.32. The van der Waals surface area contributed by atoms with Crippen LogP contribution in [0.25, 0.3) is 0 Å². The summed E-state index contributed by atoms with van der Waals surface area (Å²) in [4.78, 5) is 13.5. The summed E-state index contributed by atoms with van der Waals surface area (Å²) in [5, 5.41) is 0.0475. The van der Waals surface area contributed by atoms with E-state index in [0.717, 1.165) is 19.4 Å². The maximum atomic E-state index is 11.8. The monoisotopic (exact) mass is 233 g/mol. The minimum Gasteiger partial charge on any atom is -0.444 e. The third-order valence-electron chi connectivity index (χ3n) is 2.52. The topological polar surface area (TPSA) is 29.5 Å². The number of halogens is 1. The Hall–Kier alpha value is -0.440. The zero-order valence-electron chi connectivity index (χ0n) is 9.92. The second kappa shape index (κ2) is 4.60. The molecule has 2 unspecified atom stereocenters. The van der Waals surface area contributed by atoms with Gasteiger partial charge in [-0.2, -0.15) is 0 Å². The fourth-order valence-electron chi connectivity index (χ4n) is 1.67. The summed E-state index contributed by atoms with van der Waals surface area (Å²) in [6, 6.07) is 0.0651. The van der Waals surface area contributed by atoms with Crippen LogP contribution in [0.3, 0.4) is 0 Å². The van der Waals surface area contributed by atoms with Crippen LogP contribution in [-0.4, -0.2) is 34.6 Å². The van der Waals surface area contributed by atoms with Gasteiger partial charge in [-0.15, -0.1) is 11.6 Å². The lowest BCUT2D eigenvalue weighted by Crippen LogP contribution is -2.49. The van der Waals surface area contributed by atoms with Gasteiger partial charge in [-0.3, -0.25) is 0 Å². The molecule has 88 valence electrons. The van der Waals surface area contributed by atoms with Gasteiger partial charge in [0.1, 0.15) is 5.60 Å². The van der Waals surface area contributed by atoms with Crippen molar-refractivity contribution in [2.24, 2.45) is 0 Å². The summed E-state index contributed by atoms with van der Waals surface area (Å²) in [5.74, 6) is 0. The van der Waals surface area contributed by atoms with E-state index in [4.69, 9.17) is 16.3 Å². The zero-order chi connectivity index (χ0) is 11.6. The Morgan fingerprint density at radius 2 is 2.07 bits per heavy atom. The minimum absolute atomic E-state index is 0.0475. The second-order valence-electron chi connectivity index (χ2n) is 5.07. The first-order chi connectivity index (χ1) is 6.81. The van der Waals surface area contributed by atoms with E-state index in [1.54, 1.807) is 4.90 Å². The van der Waals surface area contributed by atoms with Crippen LogP contribution in [0, 0.1) is 0 Å². The van der Waals surface area contributed by atoms with Gasteiger partial charge in [0.05, 0.1) is 5.38 Å². The smallest absolute Gasteiger partial charge is 0.410 e. The van der Waals surface area contributed by atoms with E-state index in [1.165, 1.54) is 0 Å². The fraction of sp³-hybridized carbons (Fsp3) is 0.909. The predicted molar refractivity (Wildman–Crippen MR) is 61.3 cm³/mol. The molecule has 1 amide bonds. The lowest BCUT2D eigenvalue weighted by molar-refractivity contribution is 0.0126. The summed E-state index contributed by atoms with van der Waals surface area (Å²) in [5.41, 5.74) is -0.434. The maximum Gasteiger partial charge on any atom is 0.410 e. The molecular weight excluding hydrogens is 214 g/mol. The van der Waals surface area contributed by atoms with Gasteiger partial charge in [0.15, 0.2) is 0 Å². The van der Waals surface area contributed by atoms with Crippen molar-refractivity contribution in [2.45, 2.75) is 57.6 Å². The molecule has 0 N–H and O–H groups in total. The van der Waals surface area contributed by atoms with Crippen molar-refractivity contribution < 1.29 is 9.53 Å². The van der Waals surface area contributed by atoms with Crippen molar-refractivity contribution >= 4 is 17.7 Å². The number of nitrogens with zero attached hydrogens (tertiary/aromatic N) is 1. The highest BCUT2D eigenvalue weighted by Crippen LogP contribution is 2.23. The molecule has 4 heteroatoms. The van der Waals surface area contributed by atoms with Crippen molar-refractivity contribution in [3.05, 3.63) is 0 Å². The van der Waals surface area contributed by atoms with Crippen molar-refractivity contribution in [1.82, 2.24) is 4.90 Å². The first kappa shape index (κ1) is 12.6. The molecule has 0 aromatic heterocycles. The van der Waals surface area contributed by atoms with Crippen LogP contribution in [0.4, 0.5) is 4.79 Å². The Balaban J connectivity index is 2.59. The van der Waals surface area contributed by atoms with E-state index in [2.05, 4.69) is 0 Å². The number of rotatable bonds is 0. The number of ether oxygens (including phenoxy) is 1. The molecule has 0 aliphatic carbocycles. The Morgan fingerprint density at radius 3 is 2.60 bits per heavy atom. The number of hydrogen-bond acceptors (Lipinski definition) is 2. The van der Waals surface area contributed by atoms with Gasteiger partial charge in [0.2, 0.25) is 0 Å². The molecule has 0 spiro atoms. The summed E-state index contributed by atoms with van der Waals surface area (Å²) >= 11 is 6.13. The largest absolute Gasteiger partial charge is 0.444 e. The van der Waals surface area contributed by atoms with Crippen LogP contribution in [0.5, 0.6) is 0 Å². The van der Waals surface area contributed by atoms with E-state index in [1.807, 2.05) is 27.7 Å². The molecular formula is C11H20ClNO2. The van der Waals surface area contributed by atoms with Crippen LogP contribution in [0.1, 0.15) is 40.5 Å². The van der Waals surface area contributed by atoms with Gasteiger partial charge in [-0.05, 0) is 40.5 Å². The third kappa shape index (κ3) is 3.56. The zero-order valence-corrected chi connectivity index (χ0v) is 10.7.